The molecule has 0 spiro atoms. The maximum atomic E-state index is 5.51. The summed E-state index contributed by atoms with van der Waals surface area (Å²) in [6.07, 6.45) is 0. The van der Waals surface area contributed by atoms with Crippen LogP contribution >= 0.6 is 22.6 Å². The van der Waals surface area contributed by atoms with E-state index in [1.54, 1.807) is 7.11 Å². The van der Waals surface area contributed by atoms with Crippen molar-refractivity contribution in [1.29, 1.82) is 0 Å². The van der Waals surface area contributed by atoms with Crippen molar-refractivity contribution in [3.63, 3.8) is 0 Å². The Morgan fingerprint density at radius 3 is 2.59 bits per heavy atom. The number of aromatic nitrogens is 1. The van der Waals surface area contributed by atoms with E-state index in [0.717, 1.165) is 20.7 Å². The average molecular weight is 341 g/mol. The monoisotopic (exact) mass is 341 g/mol. The van der Waals surface area contributed by atoms with Crippen LogP contribution in [-0.4, -0.2) is 18.9 Å². The Morgan fingerprint density at radius 2 is 1.88 bits per heavy atom. The molecule has 2 rings (SSSR count). The first-order valence-corrected chi connectivity index (χ1v) is 6.23. The van der Waals surface area contributed by atoms with Crippen molar-refractivity contribution in [2.45, 2.75) is 0 Å². The summed E-state index contributed by atoms with van der Waals surface area (Å²) in [6.45, 7) is 0.224. The van der Waals surface area contributed by atoms with Gasteiger partial charge in [0, 0.05) is 12.7 Å². The highest BCUT2D eigenvalue weighted by atomic mass is 127. The average Bonchev–Trinajstić information content (AvgIpc) is 2.38. The third kappa shape index (κ3) is 3.17. The van der Waals surface area contributed by atoms with E-state index in [0.29, 0.717) is 0 Å². The van der Waals surface area contributed by atoms with Gasteiger partial charge in [0.25, 0.3) is 0 Å². The molecule has 0 saturated heterocycles. The molecule has 0 fully saturated rings. The summed E-state index contributed by atoms with van der Waals surface area (Å²) in [5.74, 6) is 0.735. The molecular weight excluding hydrogens is 329 g/mol. The van der Waals surface area contributed by atoms with Gasteiger partial charge in [0.15, 0.2) is 6.79 Å². The molecule has 17 heavy (non-hydrogen) atoms. The zero-order chi connectivity index (χ0) is 12.1. The van der Waals surface area contributed by atoms with E-state index >= 15 is 0 Å². The summed E-state index contributed by atoms with van der Waals surface area (Å²) in [7, 11) is 1.60. The lowest BCUT2D eigenvalue weighted by Crippen LogP contribution is -2.01. The first-order chi connectivity index (χ1) is 8.31. The van der Waals surface area contributed by atoms with E-state index in [2.05, 4.69) is 27.6 Å². The zero-order valence-corrected chi connectivity index (χ0v) is 11.5. The topological polar surface area (TPSA) is 31.4 Å². The van der Waals surface area contributed by atoms with Crippen molar-refractivity contribution in [2.24, 2.45) is 0 Å². The molecule has 0 aliphatic rings. The summed E-state index contributed by atoms with van der Waals surface area (Å²) < 4.78 is 11.4. The van der Waals surface area contributed by atoms with Crippen molar-refractivity contribution in [3.05, 3.63) is 46.2 Å². The first kappa shape index (κ1) is 12.3. The molecule has 0 N–H and O–H groups in total. The molecule has 0 saturated carbocycles. The molecule has 2 aromatic rings. The third-order valence-corrected chi connectivity index (χ3v) is 2.80. The van der Waals surface area contributed by atoms with Crippen LogP contribution in [0.5, 0.6) is 5.75 Å². The van der Waals surface area contributed by atoms with Crippen LogP contribution in [0.1, 0.15) is 0 Å². The predicted molar refractivity (Wildman–Crippen MR) is 74.9 cm³/mol. The van der Waals surface area contributed by atoms with E-state index in [4.69, 9.17) is 9.47 Å². The summed E-state index contributed by atoms with van der Waals surface area (Å²) in [6, 6.07) is 13.8. The summed E-state index contributed by atoms with van der Waals surface area (Å²) >= 11 is 2.19. The number of pyridine rings is 1. The smallest absolute Gasteiger partial charge is 0.188 e. The van der Waals surface area contributed by atoms with Crippen molar-refractivity contribution < 1.29 is 9.47 Å². The molecule has 0 bridgehead atoms. The molecule has 0 atom stereocenters. The van der Waals surface area contributed by atoms with Gasteiger partial charge in [-0.05, 0) is 34.7 Å². The number of benzene rings is 1. The fourth-order valence-corrected chi connectivity index (χ4v) is 1.89. The SMILES string of the molecule is COCOc1ccc(I)nc1-c1ccccc1. The fraction of sp³-hybridized carbons (Fsp3) is 0.154. The van der Waals surface area contributed by atoms with Crippen LogP contribution in [0.4, 0.5) is 0 Å². The molecule has 1 heterocycles. The fourth-order valence-electron chi connectivity index (χ4n) is 1.46. The number of ether oxygens (including phenoxy) is 2. The lowest BCUT2D eigenvalue weighted by molar-refractivity contribution is 0.0513. The quantitative estimate of drug-likeness (QED) is 0.486. The summed E-state index contributed by atoms with van der Waals surface area (Å²) in [4.78, 5) is 4.50. The Kier molecular flexibility index (Phi) is 4.33. The van der Waals surface area contributed by atoms with E-state index in [1.807, 2.05) is 42.5 Å². The van der Waals surface area contributed by atoms with Gasteiger partial charge < -0.3 is 9.47 Å². The van der Waals surface area contributed by atoms with Gasteiger partial charge in [0.2, 0.25) is 0 Å². The van der Waals surface area contributed by atoms with Crippen molar-refractivity contribution in [1.82, 2.24) is 4.98 Å². The van der Waals surface area contributed by atoms with E-state index < -0.39 is 0 Å². The highest BCUT2D eigenvalue weighted by molar-refractivity contribution is 14.1. The molecule has 0 radical (unpaired) electrons. The summed E-state index contributed by atoms with van der Waals surface area (Å²) in [5, 5.41) is 0. The van der Waals surface area contributed by atoms with Crippen molar-refractivity contribution in [3.8, 4) is 17.0 Å². The molecular formula is C13H12INO2. The predicted octanol–water partition coefficient (Wildman–Crippen LogP) is 3.34. The second-order valence-electron chi connectivity index (χ2n) is 3.40. The minimum Gasteiger partial charge on any atom is -0.465 e. The number of hydrogen-bond acceptors (Lipinski definition) is 3. The standard InChI is InChI=1S/C13H12INO2/c1-16-9-17-11-7-8-12(14)15-13(11)10-5-3-2-4-6-10/h2-8H,9H2,1H3. The second-order valence-corrected chi connectivity index (χ2v) is 4.50. The van der Waals surface area contributed by atoms with Crippen LogP contribution in [0.3, 0.4) is 0 Å². The van der Waals surface area contributed by atoms with Gasteiger partial charge in [-0.2, -0.15) is 0 Å². The van der Waals surface area contributed by atoms with Gasteiger partial charge in [0.1, 0.15) is 15.1 Å². The van der Waals surface area contributed by atoms with Crippen LogP contribution in [0.2, 0.25) is 0 Å². The third-order valence-electron chi connectivity index (χ3n) is 2.20. The van der Waals surface area contributed by atoms with Gasteiger partial charge in [-0.15, -0.1) is 0 Å². The van der Waals surface area contributed by atoms with Gasteiger partial charge in [0.05, 0.1) is 0 Å². The molecule has 1 aromatic carbocycles. The molecule has 4 heteroatoms. The maximum absolute atomic E-state index is 5.51. The number of hydrogen-bond donors (Lipinski definition) is 0. The van der Waals surface area contributed by atoms with Gasteiger partial charge in [-0.25, -0.2) is 4.98 Å². The minimum absolute atomic E-state index is 0.224. The maximum Gasteiger partial charge on any atom is 0.188 e. The Hall–Kier alpha value is -1.14. The molecule has 88 valence electrons. The van der Waals surface area contributed by atoms with Crippen LogP contribution in [-0.2, 0) is 4.74 Å². The van der Waals surface area contributed by atoms with Crippen LogP contribution < -0.4 is 4.74 Å². The van der Waals surface area contributed by atoms with Crippen LogP contribution in [0.25, 0.3) is 11.3 Å². The van der Waals surface area contributed by atoms with Crippen molar-refractivity contribution in [2.75, 3.05) is 13.9 Å². The Labute approximate surface area is 114 Å². The van der Waals surface area contributed by atoms with Crippen molar-refractivity contribution >= 4 is 22.6 Å². The molecule has 1 aromatic heterocycles. The largest absolute Gasteiger partial charge is 0.465 e. The molecule has 0 aliphatic heterocycles. The second kappa shape index (κ2) is 5.97. The Balaban J connectivity index is 2.40. The van der Waals surface area contributed by atoms with Gasteiger partial charge in [-0.1, -0.05) is 30.3 Å². The number of rotatable bonds is 4. The minimum atomic E-state index is 0.224. The number of halogens is 1. The molecule has 0 unspecified atom stereocenters. The number of methoxy groups -OCH3 is 1. The Bertz CT molecular complexity index is 488. The van der Waals surface area contributed by atoms with Gasteiger partial charge in [-0.3, -0.25) is 0 Å². The van der Waals surface area contributed by atoms with E-state index in [1.165, 1.54) is 0 Å². The first-order valence-electron chi connectivity index (χ1n) is 5.15. The lowest BCUT2D eigenvalue weighted by Gasteiger charge is -2.10. The number of nitrogens with zero attached hydrogens (tertiary/aromatic N) is 1. The van der Waals surface area contributed by atoms with Crippen LogP contribution in [0.15, 0.2) is 42.5 Å². The molecule has 0 amide bonds. The Morgan fingerprint density at radius 1 is 1.12 bits per heavy atom. The molecule has 3 nitrogen and oxygen atoms in total. The lowest BCUT2D eigenvalue weighted by atomic mass is 10.1. The zero-order valence-electron chi connectivity index (χ0n) is 9.39. The van der Waals surface area contributed by atoms with Crippen LogP contribution in [0, 0.1) is 3.70 Å². The normalized spacial score (nSPS) is 10.2. The van der Waals surface area contributed by atoms with E-state index in [-0.39, 0.29) is 6.79 Å². The van der Waals surface area contributed by atoms with Gasteiger partial charge >= 0.3 is 0 Å². The highest BCUT2D eigenvalue weighted by Gasteiger charge is 2.08. The van der Waals surface area contributed by atoms with E-state index in [9.17, 15) is 0 Å². The summed E-state index contributed by atoms with van der Waals surface area (Å²) in [5.41, 5.74) is 1.88. The molecule has 0 aliphatic carbocycles. The highest BCUT2D eigenvalue weighted by Crippen LogP contribution is 2.28.